The van der Waals surface area contributed by atoms with Gasteiger partial charge in [0.2, 0.25) is 0 Å². The maximum atomic E-state index is 12.7. The van der Waals surface area contributed by atoms with Gasteiger partial charge in [-0.1, -0.05) is 12.8 Å². The van der Waals surface area contributed by atoms with Crippen LogP contribution in [0.3, 0.4) is 0 Å². The summed E-state index contributed by atoms with van der Waals surface area (Å²) in [5.41, 5.74) is 1.50. The number of hydrogen-bond acceptors (Lipinski definition) is 3. The van der Waals surface area contributed by atoms with E-state index < -0.39 is 0 Å². The monoisotopic (exact) mass is 331 g/mol. The molecular weight excluding hydrogens is 306 g/mol. The minimum absolute atomic E-state index is 0.0205. The van der Waals surface area contributed by atoms with Crippen molar-refractivity contribution >= 4 is 5.91 Å². The molecule has 1 fully saturated rings. The van der Waals surface area contributed by atoms with Crippen LogP contribution in [-0.2, 0) is 20.5 Å². The molecular formula is C17H25N5O2. The van der Waals surface area contributed by atoms with E-state index in [1.807, 2.05) is 30.8 Å². The standard InChI is InChI=1S/C17H25N5O2/c1-11-8-9-21(2)15(11)16(23)18-13-7-5-4-6-12(13)10-14-19-20-17(24)22(14)3/h8-9,12-13H,4-7,10H2,1-3H3,(H,18,23)(H,20,24)/t12-,13-/m1/s1. The highest BCUT2D eigenvalue weighted by Gasteiger charge is 2.29. The average Bonchev–Trinajstić information content (AvgIpc) is 3.05. The highest BCUT2D eigenvalue weighted by Crippen LogP contribution is 2.27. The van der Waals surface area contributed by atoms with E-state index in [0.29, 0.717) is 18.0 Å². The van der Waals surface area contributed by atoms with Crippen LogP contribution in [-0.4, -0.2) is 31.3 Å². The average molecular weight is 331 g/mol. The Morgan fingerprint density at radius 1 is 1.38 bits per heavy atom. The van der Waals surface area contributed by atoms with E-state index in [9.17, 15) is 9.59 Å². The minimum Gasteiger partial charge on any atom is -0.348 e. The fourth-order valence-corrected chi connectivity index (χ4v) is 3.67. The first kappa shape index (κ1) is 16.5. The predicted octanol–water partition coefficient (Wildman–Crippen LogP) is 1.29. The van der Waals surface area contributed by atoms with E-state index in [-0.39, 0.29) is 17.6 Å². The number of carbonyl (C=O) groups is 1. The van der Waals surface area contributed by atoms with Gasteiger partial charge >= 0.3 is 5.69 Å². The van der Waals surface area contributed by atoms with Crippen molar-refractivity contribution in [2.75, 3.05) is 0 Å². The van der Waals surface area contributed by atoms with Gasteiger partial charge in [-0.3, -0.25) is 9.36 Å². The van der Waals surface area contributed by atoms with E-state index >= 15 is 0 Å². The molecule has 130 valence electrons. The van der Waals surface area contributed by atoms with Crippen LogP contribution in [0.25, 0.3) is 0 Å². The number of hydrogen-bond donors (Lipinski definition) is 2. The molecule has 2 N–H and O–H groups in total. The third-order valence-corrected chi connectivity index (χ3v) is 5.13. The van der Waals surface area contributed by atoms with Crippen LogP contribution >= 0.6 is 0 Å². The number of nitrogens with one attached hydrogen (secondary N) is 2. The fourth-order valence-electron chi connectivity index (χ4n) is 3.67. The Labute approximate surface area is 141 Å². The first-order valence-corrected chi connectivity index (χ1v) is 8.50. The number of aryl methyl sites for hydroxylation is 2. The van der Waals surface area contributed by atoms with Gasteiger partial charge in [-0.2, -0.15) is 5.10 Å². The van der Waals surface area contributed by atoms with Crippen LogP contribution in [0.4, 0.5) is 0 Å². The molecule has 0 aliphatic heterocycles. The smallest absolute Gasteiger partial charge is 0.343 e. The molecule has 2 aromatic heterocycles. The van der Waals surface area contributed by atoms with Crippen molar-refractivity contribution in [3.63, 3.8) is 0 Å². The zero-order valence-corrected chi connectivity index (χ0v) is 14.5. The quantitative estimate of drug-likeness (QED) is 0.885. The zero-order chi connectivity index (χ0) is 17.3. The molecule has 0 unspecified atom stereocenters. The fraction of sp³-hybridized carbons (Fsp3) is 0.588. The Hall–Kier alpha value is -2.31. The van der Waals surface area contributed by atoms with E-state index in [2.05, 4.69) is 15.5 Å². The van der Waals surface area contributed by atoms with Crippen molar-refractivity contribution in [1.82, 2.24) is 24.6 Å². The molecule has 7 nitrogen and oxygen atoms in total. The highest BCUT2D eigenvalue weighted by molar-refractivity contribution is 5.94. The molecule has 0 spiro atoms. The van der Waals surface area contributed by atoms with Gasteiger partial charge in [0.1, 0.15) is 11.5 Å². The molecule has 1 aliphatic rings. The number of amides is 1. The molecule has 24 heavy (non-hydrogen) atoms. The van der Waals surface area contributed by atoms with Gasteiger partial charge in [0.05, 0.1) is 0 Å². The molecule has 1 saturated carbocycles. The lowest BCUT2D eigenvalue weighted by Crippen LogP contribution is -2.43. The topological polar surface area (TPSA) is 84.7 Å². The van der Waals surface area contributed by atoms with Gasteiger partial charge in [0.15, 0.2) is 0 Å². The minimum atomic E-state index is -0.194. The summed E-state index contributed by atoms with van der Waals surface area (Å²) in [7, 11) is 3.62. The molecule has 7 heteroatoms. The number of rotatable bonds is 4. The number of H-pyrrole nitrogens is 1. The molecule has 2 aromatic rings. The second-order valence-electron chi connectivity index (χ2n) is 6.79. The van der Waals surface area contributed by atoms with Crippen LogP contribution in [0.15, 0.2) is 17.1 Å². The van der Waals surface area contributed by atoms with Crippen LogP contribution in [0.2, 0.25) is 0 Å². The van der Waals surface area contributed by atoms with E-state index in [1.54, 1.807) is 11.6 Å². The molecule has 0 radical (unpaired) electrons. The molecule has 1 aliphatic carbocycles. The van der Waals surface area contributed by atoms with Crippen LogP contribution in [0.1, 0.15) is 47.6 Å². The van der Waals surface area contributed by atoms with E-state index in [1.165, 1.54) is 0 Å². The lowest BCUT2D eigenvalue weighted by atomic mass is 9.82. The lowest BCUT2D eigenvalue weighted by Gasteiger charge is -2.32. The lowest BCUT2D eigenvalue weighted by molar-refractivity contribution is 0.0896. The molecule has 0 aromatic carbocycles. The van der Waals surface area contributed by atoms with Gasteiger partial charge in [-0.15, -0.1) is 0 Å². The number of aromatic amines is 1. The van der Waals surface area contributed by atoms with Crippen molar-refractivity contribution in [3.05, 3.63) is 39.8 Å². The van der Waals surface area contributed by atoms with Gasteiger partial charge in [0, 0.05) is 32.8 Å². The van der Waals surface area contributed by atoms with E-state index in [4.69, 9.17) is 0 Å². The number of aromatic nitrogens is 4. The highest BCUT2D eigenvalue weighted by atomic mass is 16.2. The van der Waals surface area contributed by atoms with Gasteiger partial charge in [0.25, 0.3) is 5.91 Å². The Balaban J connectivity index is 1.74. The van der Waals surface area contributed by atoms with E-state index in [0.717, 1.165) is 37.1 Å². The molecule has 2 heterocycles. The summed E-state index contributed by atoms with van der Waals surface area (Å²) < 4.78 is 3.41. The molecule has 0 bridgehead atoms. The second-order valence-corrected chi connectivity index (χ2v) is 6.79. The molecule has 1 amide bonds. The largest absolute Gasteiger partial charge is 0.348 e. The maximum Gasteiger partial charge on any atom is 0.343 e. The summed E-state index contributed by atoms with van der Waals surface area (Å²) in [6, 6.07) is 2.07. The summed E-state index contributed by atoms with van der Waals surface area (Å²) in [5.74, 6) is 1.03. The molecule has 3 rings (SSSR count). The third-order valence-electron chi connectivity index (χ3n) is 5.13. The SMILES string of the molecule is Cc1ccn(C)c1C(=O)N[C@@H]1CCCC[C@@H]1Cc1n[nH]c(=O)n1C. The Morgan fingerprint density at radius 2 is 2.12 bits per heavy atom. The van der Waals surface area contributed by atoms with Gasteiger partial charge in [-0.25, -0.2) is 9.89 Å². The van der Waals surface area contributed by atoms with Crippen molar-refractivity contribution in [3.8, 4) is 0 Å². The van der Waals surface area contributed by atoms with Crippen molar-refractivity contribution in [1.29, 1.82) is 0 Å². The van der Waals surface area contributed by atoms with Crippen molar-refractivity contribution in [2.45, 2.75) is 45.1 Å². The first-order chi connectivity index (χ1) is 11.5. The second kappa shape index (κ2) is 6.67. The van der Waals surface area contributed by atoms with Gasteiger partial charge in [-0.05, 0) is 37.3 Å². The molecule has 0 saturated heterocycles. The first-order valence-electron chi connectivity index (χ1n) is 8.50. The molecule has 2 atom stereocenters. The number of carbonyl (C=O) groups excluding carboxylic acids is 1. The Bertz CT molecular complexity index is 766. The normalized spacial score (nSPS) is 21.0. The van der Waals surface area contributed by atoms with Crippen molar-refractivity contribution < 1.29 is 4.79 Å². The van der Waals surface area contributed by atoms with Crippen LogP contribution in [0.5, 0.6) is 0 Å². The zero-order valence-electron chi connectivity index (χ0n) is 14.5. The maximum absolute atomic E-state index is 12.7. The van der Waals surface area contributed by atoms with Crippen LogP contribution < -0.4 is 11.0 Å². The summed E-state index contributed by atoms with van der Waals surface area (Å²) in [6.45, 7) is 1.95. The summed E-state index contributed by atoms with van der Waals surface area (Å²) in [4.78, 5) is 24.2. The van der Waals surface area contributed by atoms with Gasteiger partial charge < -0.3 is 9.88 Å². The third kappa shape index (κ3) is 3.16. The summed E-state index contributed by atoms with van der Waals surface area (Å²) in [5, 5.41) is 9.81. The summed E-state index contributed by atoms with van der Waals surface area (Å²) >= 11 is 0. The van der Waals surface area contributed by atoms with Crippen LogP contribution in [0, 0.1) is 12.8 Å². The Morgan fingerprint density at radius 3 is 2.75 bits per heavy atom. The number of nitrogens with zero attached hydrogens (tertiary/aromatic N) is 3. The predicted molar refractivity (Wildman–Crippen MR) is 90.9 cm³/mol. The Kier molecular flexibility index (Phi) is 4.59. The summed E-state index contributed by atoms with van der Waals surface area (Å²) in [6.07, 6.45) is 6.89. The van der Waals surface area contributed by atoms with Crippen molar-refractivity contribution in [2.24, 2.45) is 20.0 Å².